The van der Waals surface area contributed by atoms with E-state index in [1.165, 1.54) is 12.8 Å². The molecule has 0 bridgehead atoms. The lowest BCUT2D eigenvalue weighted by Gasteiger charge is -2.25. The van der Waals surface area contributed by atoms with Crippen molar-refractivity contribution in [2.75, 3.05) is 20.1 Å². The van der Waals surface area contributed by atoms with E-state index in [1.807, 2.05) is 0 Å². The Morgan fingerprint density at radius 1 is 1.38 bits per heavy atom. The standard InChI is InChI=1S/C13H26N2O/c1-11(2)15(4)10-9-14-12(16)13(3)7-5-6-8-13/h11H,5-10H2,1-4H3,(H,14,16). The molecular weight excluding hydrogens is 200 g/mol. The van der Waals surface area contributed by atoms with Crippen LogP contribution in [0.5, 0.6) is 0 Å². The van der Waals surface area contributed by atoms with E-state index in [9.17, 15) is 4.79 Å². The molecule has 0 aromatic rings. The van der Waals surface area contributed by atoms with Crippen LogP contribution in [-0.4, -0.2) is 37.0 Å². The van der Waals surface area contributed by atoms with Gasteiger partial charge in [0.2, 0.25) is 5.91 Å². The Kier molecular flexibility index (Phi) is 4.78. The van der Waals surface area contributed by atoms with E-state index in [0.29, 0.717) is 6.04 Å². The first-order valence-corrected chi connectivity index (χ1v) is 6.44. The number of nitrogens with zero attached hydrogens (tertiary/aromatic N) is 1. The number of likely N-dealkylation sites (N-methyl/N-ethyl adjacent to an activating group) is 1. The van der Waals surface area contributed by atoms with Crippen molar-refractivity contribution in [3.05, 3.63) is 0 Å². The van der Waals surface area contributed by atoms with E-state index < -0.39 is 0 Å². The summed E-state index contributed by atoms with van der Waals surface area (Å²) in [4.78, 5) is 14.2. The predicted molar refractivity (Wildman–Crippen MR) is 67.4 cm³/mol. The zero-order valence-corrected chi connectivity index (χ0v) is 11.2. The van der Waals surface area contributed by atoms with E-state index in [4.69, 9.17) is 0 Å². The van der Waals surface area contributed by atoms with Crippen LogP contribution in [0.25, 0.3) is 0 Å². The minimum Gasteiger partial charge on any atom is -0.354 e. The Bertz CT molecular complexity index is 232. The van der Waals surface area contributed by atoms with Crippen LogP contribution in [0, 0.1) is 5.41 Å². The average Bonchev–Trinajstić information content (AvgIpc) is 2.66. The second kappa shape index (κ2) is 5.67. The van der Waals surface area contributed by atoms with Gasteiger partial charge in [0, 0.05) is 24.5 Å². The molecule has 16 heavy (non-hydrogen) atoms. The molecule has 0 aromatic heterocycles. The smallest absolute Gasteiger partial charge is 0.225 e. The molecule has 1 amide bonds. The molecule has 1 rings (SSSR count). The van der Waals surface area contributed by atoms with Crippen molar-refractivity contribution in [1.29, 1.82) is 0 Å². The van der Waals surface area contributed by atoms with Crippen LogP contribution < -0.4 is 5.32 Å². The third-order valence-corrected chi connectivity index (χ3v) is 3.89. The topological polar surface area (TPSA) is 32.3 Å². The number of rotatable bonds is 5. The molecule has 1 saturated carbocycles. The van der Waals surface area contributed by atoms with Gasteiger partial charge in [0.25, 0.3) is 0 Å². The third-order valence-electron chi connectivity index (χ3n) is 3.89. The second-order valence-corrected chi connectivity index (χ2v) is 5.60. The van der Waals surface area contributed by atoms with E-state index in [-0.39, 0.29) is 11.3 Å². The van der Waals surface area contributed by atoms with Gasteiger partial charge in [-0.15, -0.1) is 0 Å². The van der Waals surface area contributed by atoms with Gasteiger partial charge >= 0.3 is 0 Å². The summed E-state index contributed by atoms with van der Waals surface area (Å²) >= 11 is 0. The molecule has 1 N–H and O–H groups in total. The summed E-state index contributed by atoms with van der Waals surface area (Å²) in [5, 5.41) is 3.07. The highest BCUT2D eigenvalue weighted by atomic mass is 16.2. The maximum atomic E-state index is 12.0. The van der Waals surface area contributed by atoms with Crippen molar-refractivity contribution in [2.24, 2.45) is 5.41 Å². The number of carbonyl (C=O) groups excluding carboxylic acids is 1. The summed E-state index contributed by atoms with van der Waals surface area (Å²) in [5.74, 6) is 0.252. The lowest BCUT2D eigenvalue weighted by Crippen LogP contribution is -2.41. The molecular formula is C13H26N2O. The third kappa shape index (κ3) is 3.48. The molecule has 0 aromatic carbocycles. The molecule has 1 aliphatic carbocycles. The quantitative estimate of drug-likeness (QED) is 0.778. The van der Waals surface area contributed by atoms with Crippen LogP contribution in [0.1, 0.15) is 46.5 Å². The lowest BCUT2D eigenvalue weighted by atomic mass is 9.88. The summed E-state index contributed by atoms with van der Waals surface area (Å²) in [6, 6.07) is 0.541. The number of nitrogens with one attached hydrogen (secondary N) is 1. The van der Waals surface area contributed by atoms with Crippen LogP contribution in [-0.2, 0) is 4.79 Å². The number of amides is 1. The van der Waals surface area contributed by atoms with Gasteiger partial charge in [-0.25, -0.2) is 0 Å². The van der Waals surface area contributed by atoms with Crippen LogP contribution >= 0.6 is 0 Å². The fraction of sp³-hybridized carbons (Fsp3) is 0.923. The molecule has 0 heterocycles. The van der Waals surface area contributed by atoms with E-state index >= 15 is 0 Å². The van der Waals surface area contributed by atoms with Crippen molar-refractivity contribution in [1.82, 2.24) is 10.2 Å². The minimum atomic E-state index is -0.0869. The van der Waals surface area contributed by atoms with Gasteiger partial charge in [0.1, 0.15) is 0 Å². The maximum absolute atomic E-state index is 12.0. The summed E-state index contributed by atoms with van der Waals surface area (Å²) in [6.45, 7) is 8.13. The molecule has 0 spiro atoms. The zero-order valence-electron chi connectivity index (χ0n) is 11.2. The maximum Gasteiger partial charge on any atom is 0.225 e. The van der Waals surface area contributed by atoms with Gasteiger partial charge in [0.05, 0.1) is 0 Å². The fourth-order valence-electron chi connectivity index (χ4n) is 2.20. The van der Waals surface area contributed by atoms with Gasteiger partial charge in [-0.1, -0.05) is 19.8 Å². The molecule has 94 valence electrons. The first kappa shape index (κ1) is 13.5. The first-order valence-electron chi connectivity index (χ1n) is 6.44. The Balaban J connectivity index is 2.25. The normalized spacial score (nSPS) is 19.4. The van der Waals surface area contributed by atoms with E-state index in [1.54, 1.807) is 0 Å². The highest BCUT2D eigenvalue weighted by Crippen LogP contribution is 2.37. The average molecular weight is 226 g/mol. The Morgan fingerprint density at radius 3 is 2.44 bits per heavy atom. The van der Waals surface area contributed by atoms with Crippen LogP contribution in [0.3, 0.4) is 0 Å². The van der Waals surface area contributed by atoms with Gasteiger partial charge < -0.3 is 10.2 Å². The van der Waals surface area contributed by atoms with Crippen LogP contribution in [0.4, 0.5) is 0 Å². The highest BCUT2D eigenvalue weighted by molar-refractivity contribution is 5.82. The predicted octanol–water partition coefficient (Wildman–Crippen LogP) is 2.02. The van der Waals surface area contributed by atoms with E-state index in [2.05, 4.69) is 38.0 Å². The molecule has 0 atom stereocenters. The van der Waals surface area contributed by atoms with Gasteiger partial charge in [-0.3, -0.25) is 4.79 Å². The van der Waals surface area contributed by atoms with Crippen molar-refractivity contribution in [3.8, 4) is 0 Å². The van der Waals surface area contributed by atoms with Crippen molar-refractivity contribution in [3.63, 3.8) is 0 Å². The first-order chi connectivity index (χ1) is 7.46. The SMILES string of the molecule is CC(C)N(C)CCNC(=O)C1(C)CCCC1. The molecule has 0 aliphatic heterocycles. The molecule has 1 fully saturated rings. The number of hydrogen-bond acceptors (Lipinski definition) is 2. The monoisotopic (exact) mass is 226 g/mol. The minimum absolute atomic E-state index is 0.0869. The number of carbonyl (C=O) groups is 1. The summed E-state index contributed by atoms with van der Waals surface area (Å²) < 4.78 is 0. The second-order valence-electron chi connectivity index (χ2n) is 5.60. The van der Waals surface area contributed by atoms with Gasteiger partial charge in [-0.2, -0.15) is 0 Å². The Morgan fingerprint density at radius 2 is 1.94 bits per heavy atom. The summed E-state index contributed by atoms with van der Waals surface area (Å²) in [5.41, 5.74) is -0.0869. The summed E-state index contributed by atoms with van der Waals surface area (Å²) in [6.07, 6.45) is 4.52. The lowest BCUT2D eigenvalue weighted by molar-refractivity contribution is -0.129. The molecule has 3 nitrogen and oxygen atoms in total. The fourth-order valence-corrected chi connectivity index (χ4v) is 2.20. The van der Waals surface area contributed by atoms with Gasteiger partial charge in [-0.05, 0) is 33.7 Å². The van der Waals surface area contributed by atoms with Crippen molar-refractivity contribution >= 4 is 5.91 Å². The molecule has 0 saturated heterocycles. The highest BCUT2D eigenvalue weighted by Gasteiger charge is 2.35. The van der Waals surface area contributed by atoms with Crippen molar-refractivity contribution < 1.29 is 4.79 Å². The Hall–Kier alpha value is -0.570. The Labute approximate surface area is 99.6 Å². The van der Waals surface area contributed by atoms with Gasteiger partial charge in [0.15, 0.2) is 0 Å². The van der Waals surface area contributed by atoms with Crippen molar-refractivity contribution in [2.45, 2.75) is 52.5 Å². The van der Waals surface area contributed by atoms with Crippen LogP contribution in [0.15, 0.2) is 0 Å². The van der Waals surface area contributed by atoms with Crippen LogP contribution in [0.2, 0.25) is 0 Å². The number of hydrogen-bond donors (Lipinski definition) is 1. The summed E-state index contributed by atoms with van der Waals surface area (Å²) in [7, 11) is 2.09. The molecule has 3 heteroatoms. The molecule has 1 aliphatic rings. The zero-order chi connectivity index (χ0) is 12.2. The molecule has 0 radical (unpaired) electrons. The van der Waals surface area contributed by atoms with E-state index in [0.717, 1.165) is 25.9 Å². The molecule has 0 unspecified atom stereocenters. The largest absolute Gasteiger partial charge is 0.354 e.